The minimum Gasteiger partial charge on any atom is -0.756 e. The number of ether oxygens (including phenoxy) is 2. The molecule has 0 radical (unpaired) electrons. The van der Waals surface area contributed by atoms with E-state index in [1.165, 1.54) is 154 Å². The molecule has 0 amide bonds. The Balaban J connectivity index is 4.20. The third-order valence-electron chi connectivity index (χ3n) is 12.9. The second-order valence-electron chi connectivity index (χ2n) is 21.3. The van der Waals surface area contributed by atoms with Crippen molar-refractivity contribution in [1.82, 2.24) is 0 Å². The van der Waals surface area contributed by atoms with Crippen LogP contribution in [0.5, 0.6) is 0 Å². The summed E-state index contributed by atoms with van der Waals surface area (Å²) in [5.74, 6) is -0.899. The van der Waals surface area contributed by atoms with Crippen molar-refractivity contribution in [2.45, 2.75) is 264 Å². The number of phosphoric acid groups is 1. The van der Waals surface area contributed by atoms with E-state index in [4.69, 9.17) is 18.5 Å². The quantitative estimate of drug-likeness (QED) is 0.0195. The van der Waals surface area contributed by atoms with E-state index in [0.29, 0.717) is 23.9 Å². The third kappa shape index (κ3) is 58.5. The Morgan fingerprint density at radius 2 is 0.770 bits per heavy atom. The Hall–Kier alpha value is -2.81. The third-order valence-corrected chi connectivity index (χ3v) is 13.9. The Bertz CT molecular complexity index is 1520. The number of nitrogens with zero attached hydrogens (tertiary/aromatic N) is 1. The average Bonchev–Trinajstić information content (AvgIpc) is 3.36. The lowest BCUT2D eigenvalue weighted by atomic mass is 10.0. The number of carbonyl (C=O) groups is 2. The first-order valence-electron chi connectivity index (χ1n) is 30.3. The molecular weight excluding hydrogens is 942 g/mol. The zero-order valence-corrected chi connectivity index (χ0v) is 49.4. The highest BCUT2D eigenvalue weighted by Gasteiger charge is 2.21. The Morgan fingerprint density at radius 3 is 1.14 bits per heavy atom. The standard InChI is InChI=1S/C64H114NO8P/c1-6-8-10-12-14-16-18-20-22-24-26-28-30-31-32-33-35-36-38-40-42-44-46-48-50-52-54-56-63(66)70-60-62(61-72-74(68,69)71-59-58-65(3,4)5)73-64(67)57-55-53-51-49-47-45-43-41-39-37-34-29-27-25-23-21-19-17-15-13-11-9-7-2/h9,11,15,17,21,23,27,29,37,39,43,45,49,51,62H,6-8,10,12-14,16,18-20,22,24-26,28,30-36,38,40-42,44,46-48,50,52-61H2,1-5H3/b11-9-,17-15-,23-21-,29-27-,39-37-,45-43-,51-49-. The lowest BCUT2D eigenvalue weighted by Gasteiger charge is -2.28. The molecule has 428 valence electrons. The van der Waals surface area contributed by atoms with E-state index in [9.17, 15) is 19.0 Å². The molecule has 0 saturated carbocycles. The van der Waals surface area contributed by atoms with Gasteiger partial charge in [-0.2, -0.15) is 0 Å². The molecule has 0 bridgehead atoms. The van der Waals surface area contributed by atoms with Crippen molar-refractivity contribution in [3.8, 4) is 0 Å². The van der Waals surface area contributed by atoms with E-state index in [0.717, 1.165) is 64.2 Å². The lowest BCUT2D eigenvalue weighted by Crippen LogP contribution is -2.37. The summed E-state index contributed by atoms with van der Waals surface area (Å²) in [7, 11) is 1.13. The van der Waals surface area contributed by atoms with Gasteiger partial charge < -0.3 is 27.9 Å². The SMILES string of the molecule is CC/C=C\C/C=C\C/C=C\C/C=C\C/C=C\C/C=C\C/C=C\CCCC(=O)OC(COC(=O)CCCCCCCCCCCCCCCCCCCCCCCCCCCCC)COP(=O)([O-])OCC[N+](C)(C)C. The lowest BCUT2D eigenvalue weighted by molar-refractivity contribution is -0.870. The summed E-state index contributed by atoms with van der Waals surface area (Å²) in [5, 5.41) is 0. The fourth-order valence-corrected chi connectivity index (χ4v) is 9.02. The summed E-state index contributed by atoms with van der Waals surface area (Å²) >= 11 is 0. The van der Waals surface area contributed by atoms with Crippen LogP contribution in [-0.2, 0) is 32.7 Å². The number of quaternary nitrogens is 1. The van der Waals surface area contributed by atoms with E-state index in [1.54, 1.807) is 0 Å². The fraction of sp³-hybridized carbons (Fsp3) is 0.750. The highest BCUT2D eigenvalue weighted by Crippen LogP contribution is 2.38. The molecule has 0 aliphatic carbocycles. The van der Waals surface area contributed by atoms with Crippen LogP contribution in [0.4, 0.5) is 0 Å². The molecule has 74 heavy (non-hydrogen) atoms. The van der Waals surface area contributed by atoms with Crippen LogP contribution < -0.4 is 4.89 Å². The van der Waals surface area contributed by atoms with Crippen molar-refractivity contribution >= 4 is 19.8 Å². The predicted octanol–water partition coefficient (Wildman–Crippen LogP) is 18.4. The second-order valence-corrected chi connectivity index (χ2v) is 22.8. The monoisotopic (exact) mass is 1060 g/mol. The molecule has 0 N–H and O–H groups in total. The van der Waals surface area contributed by atoms with Crippen molar-refractivity contribution in [2.75, 3.05) is 47.5 Å². The van der Waals surface area contributed by atoms with Gasteiger partial charge in [-0.25, -0.2) is 0 Å². The van der Waals surface area contributed by atoms with Crippen molar-refractivity contribution in [1.29, 1.82) is 0 Å². The highest BCUT2D eigenvalue weighted by molar-refractivity contribution is 7.45. The van der Waals surface area contributed by atoms with Crippen LogP contribution in [0.1, 0.15) is 258 Å². The first kappa shape index (κ1) is 71.2. The number of carbonyl (C=O) groups excluding carboxylic acids is 2. The van der Waals surface area contributed by atoms with Crippen molar-refractivity contribution in [2.24, 2.45) is 0 Å². The Labute approximate surface area is 456 Å². The normalized spacial score (nSPS) is 13.9. The van der Waals surface area contributed by atoms with E-state index in [2.05, 4.69) is 92.8 Å². The van der Waals surface area contributed by atoms with Crippen molar-refractivity contribution in [3.05, 3.63) is 85.1 Å². The summed E-state index contributed by atoms with van der Waals surface area (Å²) in [4.78, 5) is 37.9. The highest BCUT2D eigenvalue weighted by atomic mass is 31.2. The van der Waals surface area contributed by atoms with Gasteiger partial charge in [-0.05, 0) is 64.2 Å². The fourth-order valence-electron chi connectivity index (χ4n) is 8.29. The van der Waals surface area contributed by atoms with Crippen LogP contribution in [-0.4, -0.2) is 70.0 Å². The molecule has 0 aliphatic rings. The Morgan fingerprint density at radius 1 is 0.432 bits per heavy atom. The zero-order valence-electron chi connectivity index (χ0n) is 48.5. The van der Waals surface area contributed by atoms with E-state index in [-0.39, 0.29) is 26.1 Å². The van der Waals surface area contributed by atoms with E-state index >= 15 is 0 Å². The van der Waals surface area contributed by atoms with Gasteiger partial charge in [0.15, 0.2) is 6.10 Å². The van der Waals surface area contributed by atoms with Crippen LogP contribution in [0.2, 0.25) is 0 Å². The maximum Gasteiger partial charge on any atom is 0.306 e. The van der Waals surface area contributed by atoms with Crippen LogP contribution in [0, 0.1) is 0 Å². The number of hydrogen-bond donors (Lipinski definition) is 0. The van der Waals surface area contributed by atoms with Crippen LogP contribution >= 0.6 is 7.82 Å². The number of unbranched alkanes of at least 4 members (excludes halogenated alkanes) is 27. The summed E-state index contributed by atoms with van der Waals surface area (Å²) in [5.41, 5.74) is 0. The van der Waals surface area contributed by atoms with Gasteiger partial charge in [0.25, 0.3) is 7.82 Å². The number of hydrogen-bond acceptors (Lipinski definition) is 8. The molecule has 0 aromatic rings. The van der Waals surface area contributed by atoms with Crippen LogP contribution in [0.15, 0.2) is 85.1 Å². The van der Waals surface area contributed by atoms with Crippen LogP contribution in [0.25, 0.3) is 0 Å². The average molecular weight is 1060 g/mol. The maximum absolute atomic E-state index is 12.8. The molecule has 0 heterocycles. The molecule has 0 saturated heterocycles. The van der Waals surface area contributed by atoms with Gasteiger partial charge in [0.05, 0.1) is 27.7 Å². The van der Waals surface area contributed by atoms with E-state index < -0.39 is 32.5 Å². The van der Waals surface area contributed by atoms with Gasteiger partial charge in [0.2, 0.25) is 0 Å². The molecule has 0 aliphatic heterocycles. The first-order valence-corrected chi connectivity index (χ1v) is 31.8. The van der Waals surface area contributed by atoms with Crippen molar-refractivity contribution in [3.63, 3.8) is 0 Å². The molecule has 2 unspecified atom stereocenters. The molecule has 0 aromatic heterocycles. The predicted molar refractivity (Wildman–Crippen MR) is 314 cm³/mol. The summed E-state index contributed by atoms with van der Waals surface area (Å²) in [6, 6.07) is 0. The Kier molecular flexibility index (Phi) is 52.9. The van der Waals surface area contributed by atoms with Gasteiger partial charge in [0, 0.05) is 12.8 Å². The zero-order chi connectivity index (χ0) is 54.2. The molecule has 0 fully saturated rings. The molecule has 0 aromatic carbocycles. The maximum atomic E-state index is 12.8. The molecule has 9 nitrogen and oxygen atoms in total. The van der Waals surface area contributed by atoms with Gasteiger partial charge in [-0.15, -0.1) is 0 Å². The minimum atomic E-state index is -4.66. The van der Waals surface area contributed by atoms with Gasteiger partial charge in [-0.1, -0.05) is 266 Å². The second kappa shape index (κ2) is 55.0. The molecule has 0 spiro atoms. The smallest absolute Gasteiger partial charge is 0.306 e. The molecule has 2 atom stereocenters. The molecule has 0 rings (SSSR count). The van der Waals surface area contributed by atoms with Gasteiger partial charge in [-0.3, -0.25) is 14.2 Å². The topological polar surface area (TPSA) is 111 Å². The number of likely N-dealkylation sites (N-methyl/N-ethyl adjacent to an activating group) is 1. The van der Waals surface area contributed by atoms with E-state index in [1.807, 2.05) is 27.2 Å². The number of allylic oxidation sites excluding steroid dienone is 14. The summed E-state index contributed by atoms with van der Waals surface area (Å²) < 4.78 is 34.1. The number of esters is 2. The number of phosphoric ester groups is 1. The van der Waals surface area contributed by atoms with Crippen LogP contribution in [0.3, 0.4) is 0 Å². The first-order chi connectivity index (χ1) is 36.0. The van der Waals surface area contributed by atoms with Gasteiger partial charge in [0.1, 0.15) is 19.8 Å². The van der Waals surface area contributed by atoms with Gasteiger partial charge >= 0.3 is 11.9 Å². The molecule has 10 heteroatoms. The molecular formula is C64H114NO8P. The summed E-state index contributed by atoms with van der Waals surface area (Å²) in [6.07, 6.45) is 73.7. The summed E-state index contributed by atoms with van der Waals surface area (Å²) in [6.45, 7) is 4.08. The minimum absolute atomic E-state index is 0.0447. The largest absolute Gasteiger partial charge is 0.756 e. The number of rotatable bonds is 55. The van der Waals surface area contributed by atoms with Crippen molar-refractivity contribution < 1.29 is 42.1 Å².